The van der Waals surface area contributed by atoms with Crippen LogP contribution in [0.2, 0.25) is 0 Å². The Morgan fingerprint density at radius 3 is 2.68 bits per heavy atom. The molecule has 6 nitrogen and oxygen atoms in total. The van der Waals surface area contributed by atoms with Crippen LogP contribution in [0, 0.1) is 0 Å². The van der Waals surface area contributed by atoms with Crippen LogP contribution in [0.5, 0.6) is 0 Å². The van der Waals surface area contributed by atoms with Crippen molar-refractivity contribution in [2.45, 2.75) is 13.1 Å². The van der Waals surface area contributed by atoms with Gasteiger partial charge in [-0.3, -0.25) is 0 Å². The molecule has 0 fully saturated rings. The maximum Gasteiger partial charge on any atom is 0.247 e. The first-order valence-electron chi connectivity index (χ1n) is 5.89. The Balaban J connectivity index is 1.59. The zero-order valence-electron chi connectivity index (χ0n) is 10.1. The Morgan fingerprint density at radius 1 is 1.00 bits per heavy atom. The summed E-state index contributed by atoms with van der Waals surface area (Å²) in [6, 6.07) is 11.5. The second kappa shape index (κ2) is 5.45. The molecule has 0 aliphatic carbocycles. The van der Waals surface area contributed by atoms with Crippen molar-refractivity contribution in [3.05, 3.63) is 54.2 Å². The molecule has 1 aromatic carbocycles. The quantitative estimate of drug-likeness (QED) is 0.752. The van der Waals surface area contributed by atoms with E-state index in [0.717, 1.165) is 11.3 Å². The fraction of sp³-hybridized carbons (Fsp3) is 0.154. The predicted molar refractivity (Wildman–Crippen MR) is 66.8 cm³/mol. The molecule has 0 saturated carbocycles. The van der Waals surface area contributed by atoms with Gasteiger partial charge in [-0.1, -0.05) is 23.4 Å². The van der Waals surface area contributed by atoms with Gasteiger partial charge in [-0.05, 0) is 12.1 Å². The van der Waals surface area contributed by atoms with E-state index >= 15 is 0 Å². The van der Waals surface area contributed by atoms with Crippen molar-refractivity contribution in [1.29, 1.82) is 0 Å². The van der Waals surface area contributed by atoms with Crippen LogP contribution in [0.25, 0.3) is 11.5 Å². The molecule has 96 valence electrons. The van der Waals surface area contributed by atoms with Gasteiger partial charge < -0.3 is 14.3 Å². The molecule has 2 aromatic heterocycles. The van der Waals surface area contributed by atoms with Crippen molar-refractivity contribution < 1.29 is 8.94 Å². The Labute approximate surface area is 109 Å². The fourth-order valence-corrected chi connectivity index (χ4v) is 1.65. The Bertz CT molecular complexity index is 619. The smallest absolute Gasteiger partial charge is 0.247 e. The van der Waals surface area contributed by atoms with Crippen molar-refractivity contribution in [2.24, 2.45) is 0 Å². The average Bonchev–Trinajstić information content (AvgIpc) is 3.11. The third kappa shape index (κ3) is 2.86. The minimum atomic E-state index is 0.493. The Hall–Kier alpha value is -2.47. The van der Waals surface area contributed by atoms with E-state index in [1.54, 1.807) is 6.07 Å². The summed E-state index contributed by atoms with van der Waals surface area (Å²) in [6.45, 7) is 1.09. The summed E-state index contributed by atoms with van der Waals surface area (Å²) in [5.74, 6) is 1.07. The third-order valence-corrected chi connectivity index (χ3v) is 2.56. The highest BCUT2D eigenvalue weighted by atomic mass is 16.5. The monoisotopic (exact) mass is 256 g/mol. The first-order chi connectivity index (χ1) is 9.42. The van der Waals surface area contributed by atoms with Crippen LogP contribution in [-0.2, 0) is 13.1 Å². The van der Waals surface area contributed by atoms with Gasteiger partial charge in [0.05, 0.1) is 12.2 Å². The van der Waals surface area contributed by atoms with Crippen LogP contribution in [0.3, 0.4) is 0 Å². The summed E-state index contributed by atoms with van der Waals surface area (Å²) in [6.07, 6.45) is 1.54. The van der Waals surface area contributed by atoms with Gasteiger partial charge in [-0.25, -0.2) is 0 Å². The standard InChI is InChI=1S/C13H12N4O2/c1-2-4-10(5-3-1)13-16-15-12(19-13)9-14-8-11-6-7-18-17-11/h1-7,14H,8-9H2. The summed E-state index contributed by atoms with van der Waals surface area (Å²) in [4.78, 5) is 0. The largest absolute Gasteiger partial charge is 0.419 e. The summed E-state index contributed by atoms with van der Waals surface area (Å²) in [7, 11) is 0. The van der Waals surface area contributed by atoms with Crippen molar-refractivity contribution in [3.8, 4) is 11.5 Å². The maximum atomic E-state index is 5.56. The Kier molecular flexibility index (Phi) is 3.33. The Morgan fingerprint density at radius 2 is 1.89 bits per heavy atom. The van der Waals surface area contributed by atoms with Crippen LogP contribution >= 0.6 is 0 Å². The lowest BCUT2D eigenvalue weighted by atomic mass is 10.2. The van der Waals surface area contributed by atoms with E-state index in [0.29, 0.717) is 24.9 Å². The van der Waals surface area contributed by atoms with Crippen molar-refractivity contribution in [1.82, 2.24) is 20.7 Å². The SMILES string of the molecule is c1ccc(-c2nnc(CNCc3ccon3)o2)cc1. The minimum Gasteiger partial charge on any atom is -0.419 e. The van der Waals surface area contributed by atoms with E-state index in [2.05, 4.69) is 20.7 Å². The topological polar surface area (TPSA) is 77.0 Å². The summed E-state index contributed by atoms with van der Waals surface area (Å²) < 4.78 is 10.3. The third-order valence-electron chi connectivity index (χ3n) is 2.56. The van der Waals surface area contributed by atoms with Gasteiger partial charge in [0.2, 0.25) is 11.8 Å². The highest BCUT2D eigenvalue weighted by molar-refractivity contribution is 5.51. The van der Waals surface area contributed by atoms with Gasteiger partial charge in [0.15, 0.2) is 0 Å². The lowest BCUT2D eigenvalue weighted by molar-refractivity contribution is 0.406. The minimum absolute atomic E-state index is 0.493. The first kappa shape index (κ1) is 11.6. The fourth-order valence-electron chi connectivity index (χ4n) is 1.65. The highest BCUT2D eigenvalue weighted by Gasteiger charge is 2.07. The summed E-state index contributed by atoms with van der Waals surface area (Å²) >= 11 is 0. The molecule has 3 rings (SSSR count). The molecule has 0 aliphatic heterocycles. The van der Waals surface area contributed by atoms with Gasteiger partial charge in [0.25, 0.3) is 0 Å². The normalized spacial score (nSPS) is 10.7. The number of benzene rings is 1. The van der Waals surface area contributed by atoms with Gasteiger partial charge in [-0.15, -0.1) is 10.2 Å². The molecule has 0 spiro atoms. The summed E-state index contributed by atoms with van der Waals surface area (Å²) in [5.41, 5.74) is 1.75. The predicted octanol–water partition coefficient (Wildman–Crippen LogP) is 2.01. The van der Waals surface area contributed by atoms with Crippen molar-refractivity contribution >= 4 is 0 Å². The molecule has 0 saturated heterocycles. The van der Waals surface area contributed by atoms with E-state index in [9.17, 15) is 0 Å². The lowest BCUT2D eigenvalue weighted by Gasteiger charge is -1.97. The van der Waals surface area contributed by atoms with Gasteiger partial charge >= 0.3 is 0 Å². The van der Waals surface area contributed by atoms with Crippen LogP contribution in [-0.4, -0.2) is 15.4 Å². The number of nitrogens with one attached hydrogen (secondary N) is 1. The number of rotatable bonds is 5. The molecule has 19 heavy (non-hydrogen) atoms. The molecule has 0 bridgehead atoms. The molecule has 0 atom stereocenters. The van der Waals surface area contributed by atoms with Gasteiger partial charge in [0, 0.05) is 18.2 Å². The first-order valence-corrected chi connectivity index (χ1v) is 5.89. The van der Waals surface area contributed by atoms with E-state index in [1.165, 1.54) is 6.26 Å². The molecule has 0 unspecified atom stereocenters. The molecule has 0 radical (unpaired) electrons. The molecule has 3 aromatic rings. The average molecular weight is 256 g/mol. The van der Waals surface area contributed by atoms with E-state index in [-0.39, 0.29) is 0 Å². The maximum absolute atomic E-state index is 5.56. The number of hydrogen-bond acceptors (Lipinski definition) is 6. The molecule has 0 amide bonds. The number of hydrogen-bond donors (Lipinski definition) is 1. The molecule has 6 heteroatoms. The lowest BCUT2D eigenvalue weighted by Crippen LogP contribution is -2.13. The highest BCUT2D eigenvalue weighted by Crippen LogP contribution is 2.16. The van der Waals surface area contributed by atoms with Crippen LogP contribution < -0.4 is 5.32 Å². The van der Waals surface area contributed by atoms with E-state index in [1.807, 2.05) is 30.3 Å². The van der Waals surface area contributed by atoms with Crippen LogP contribution in [0.4, 0.5) is 0 Å². The van der Waals surface area contributed by atoms with Crippen LogP contribution in [0.15, 0.2) is 51.6 Å². The van der Waals surface area contributed by atoms with Crippen LogP contribution in [0.1, 0.15) is 11.6 Å². The second-order valence-electron chi connectivity index (χ2n) is 3.96. The zero-order valence-corrected chi connectivity index (χ0v) is 10.1. The van der Waals surface area contributed by atoms with Crippen molar-refractivity contribution in [3.63, 3.8) is 0 Å². The zero-order chi connectivity index (χ0) is 12.9. The van der Waals surface area contributed by atoms with Gasteiger partial charge in [0.1, 0.15) is 6.26 Å². The second-order valence-corrected chi connectivity index (χ2v) is 3.96. The summed E-state index contributed by atoms with van der Waals surface area (Å²) in [5, 5.41) is 14.9. The molecular formula is C13H12N4O2. The number of nitrogens with zero attached hydrogens (tertiary/aromatic N) is 3. The van der Waals surface area contributed by atoms with E-state index < -0.39 is 0 Å². The van der Waals surface area contributed by atoms with Crippen molar-refractivity contribution in [2.75, 3.05) is 0 Å². The van der Waals surface area contributed by atoms with Gasteiger partial charge in [-0.2, -0.15) is 0 Å². The van der Waals surface area contributed by atoms with E-state index in [4.69, 9.17) is 8.94 Å². The molecular weight excluding hydrogens is 244 g/mol. The molecule has 1 N–H and O–H groups in total. The molecule has 0 aliphatic rings. The molecule has 2 heterocycles. The number of aromatic nitrogens is 3.